The zero-order valence-electron chi connectivity index (χ0n) is 10.4. The van der Waals surface area contributed by atoms with Crippen LogP contribution in [-0.2, 0) is 9.47 Å². The lowest BCUT2D eigenvalue weighted by atomic mass is 10.1. The fraction of sp³-hybridized carbons (Fsp3) is 0.538. The maximum Gasteiger partial charge on any atom is 0.123 e. The molecule has 1 aromatic rings. The van der Waals surface area contributed by atoms with Gasteiger partial charge in [0.1, 0.15) is 5.82 Å². The Bertz CT molecular complexity index is 331. The number of ether oxygens (including phenoxy) is 2. The fourth-order valence-corrected chi connectivity index (χ4v) is 1.39. The highest BCUT2D eigenvalue weighted by Gasteiger charge is 2.06. The summed E-state index contributed by atoms with van der Waals surface area (Å²) in [5.41, 5.74) is 6.62. The summed E-state index contributed by atoms with van der Waals surface area (Å²) in [6.45, 7) is 5.36. The summed E-state index contributed by atoms with van der Waals surface area (Å²) in [7, 11) is 0. The molecule has 96 valence electrons. The maximum atomic E-state index is 12.9. The minimum atomic E-state index is -0.301. The fourth-order valence-electron chi connectivity index (χ4n) is 1.39. The molecule has 0 saturated carbocycles. The molecule has 17 heavy (non-hydrogen) atoms. The molecule has 0 aromatic heterocycles. The number of halogens is 1. The van der Waals surface area contributed by atoms with E-state index in [1.54, 1.807) is 12.1 Å². The molecule has 0 bridgehead atoms. The van der Waals surface area contributed by atoms with Gasteiger partial charge in [-0.15, -0.1) is 0 Å². The van der Waals surface area contributed by atoms with E-state index in [0.29, 0.717) is 19.8 Å². The Morgan fingerprint density at radius 3 is 2.71 bits per heavy atom. The van der Waals surface area contributed by atoms with E-state index in [1.807, 2.05) is 13.8 Å². The van der Waals surface area contributed by atoms with Gasteiger partial charge in [-0.2, -0.15) is 0 Å². The molecule has 0 heterocycles. The topological polar surface area (TPSA) is 44.5 Å². The van der Waals surface area contributed by atoms with Crippen molar-refractivity contribution in [2.45, 2.75) is 26.0 Å². The first kappa shape index (κ1) is 14.1. The zero-order valence-corrected chi connectivity index (χ0v) is 10.4. The van der Waals surface area contributed by atoms with Crippen LogP contribution in [0.4, 0.5) is 4.39 Å². The molecule has 0 aliphatic rings. The smallest absolute Gasteiger partial charge is 0.123 e. The van der Waals surface area contributed by atoms with Crippen LogP contribution in [0.25, 0.3) is 0 Å². The van der Waals surface area contributed by atoms with Gasteiger partial charge in [0.15, 0.2) is 0 Å². The lowest BCUT2D eigenvalue weighted by Gasteiger charge is -2.13. The predicted octanol–water partition coefficient (Wildman–Crippen LogP) is 2.27. The summed E-state index contributed by atoms with van der Waals surface area (Å²) in [4.78, 5) is 0. The number of nitrogens with two attached hydrogens (primary N) is 1. The predicted molar refractivity (Wildman–Crippen MR) is 65.2 cm³/mol. The van der Waals surface area contributed by atoms with E-state index in [-0.39, 0.29) is 18.0 Å². The van der Waals surface area contributed by atoms with Crippen LogP contribution in [0.5, 0.6) is 0 Å². The Morgan fingerprint density at radius 2 is 2.06 bits per heavy atom. The van der Waals surface area contributed by atoms with Crippen molar-refractivity contribution in [2.75, 3.05) is 19.8 Å². The highest BCUT2D eigenvalue weighted by molar-refractivity contribution is 5.19. The van der Waals surface area contributed by atoms with Crippen LogP contribution in [0.1, 0.15) is 25.5 Å². The third-order valence-electron chi connectivity index (χ3n) is 2.25. The molecular formula is C13H20FNO2. The van der Waals surface area contributed by atoms with Crippen LogP contribution < -0.4 is 5.73 Å². The van der Waals surface area contributed by atoms with Gasteiger partial charge in [0, 0.05) is 0 Å². The van der Waals surface area contributed by atoms with E-state index < -0.39 is 0 Å². The molecule has 1 aromatic carbocycles. The van der Waals surface area contributed by atoms with E-state index in [1.165, 1.54) is 12.1 Å². The van der Waals surface area contributed by atoms with Crippen LogP contribution in [0.2, 0.25) is 0 Å². The third kappa shape index (κ3) is 5.77. The third-order valence-corrected chi connectivity index (χ3v) is 2.25. The minimum Gasteiger partial charge on any atom is -0.377 e. The van der Waals surface area contributed by atoms with Gasteiger partial charge in [0.2, 0.25) is 0 Å². The summed E-state index contributed by atoms with van der Waals surface area (Å²) in [5, 5.41) is 0. The summed E-state index contributed by atoms with van der Waals surface area (Å²) in [6.07, 6.45) is 0.204. The van der Waals surface area contributed by atoms with Gasteiger partial charge in [-0.05, 0) is 31.5 Å². The second-order valence-electron chi connectivity index (χ2n) is 4.16. The van der Waals surface area contributed by atoms with Crippen molar-refractivity contribution < 1.29 is 13.9 Å². The number of hydrogen-bond acceptors (Lipinski definition) is 3. The molecule has 0 spiro atoms. The Morgan fingerprint density at radius 1 is 1.29 bits per heavy atom. The van der Waals surface area contributed by atoms with E-state index in [2.05, 4.69) is 0 Å². The van der Waals surface area contributed by atoms with E-state index in [4.69, 9.17) is 15.2 Å². The molecule has 0 aliphatic carbocycles. The molecule has 3 nitrogen and oxygen atoms in total. The SMILES string of the molecule is CC(C)OCCOCC(N)c1cccc(F)c1. The quantitative estimate of drug-likeness (QED) is 0.745. The van der Waals surface area contributed by atoms with Crippen molar-refractivity contribution >= 4 is 0 Å². The first-order valence-corrected chi connectivity index (χ1v) is 5.80. The van der Waals surface area contributed by atoms with Crippen molar-refractivity contribution in [1.82, 2.24) is 0 Å². The summed E-state index contributed by atoms with van der Waals surface area (Å²) >= 11 is 0. The van der Waals surface area contributed by atoms with Crippen LogP contribution in [0, 0.1) is 5.82 Å². The van der Waals surface area contributed by atoms with Crippen LogP contribution in [0.15, 0.2) is 24.3 Å². The minimum absolute atomic E-state index is 0.204. The Kier molecular flexibility index (Phi) is 6.11. The van der Waals surface area contributed by atoms with Gasteiger partial charge in [-0.1, -0.05) is 12.1 Å². The molecule has 0 amide bonds. The van der Waals surface area contributed by atoms with E-state index >= 15 is 0 Å². The summed E-state index contributed by atoms with van der Waals surface area (Å²) in [5.74, 6) is -0.277. The first-order valence-electron chi connectivity index (χ1n) is 5.80. The van der Waals surface area contributed by atoms with E-state index in [0.717, 1.165) is 5.56 Å². The van der Waals surface area contributed by atoms with Crippen molar-refractivity contribution in [1.29, 1.82) is 0 Å². The van der Waals surface area contributed by atoms with Crippen LogP contribution in [0.3, 0.4) is 0 Å². The highest BCUT2D eigenvalue weighted by atomic mass is 19.1. The first-order chi connectivity index (χ1) is 8.09. The van der Waals surface area contributed by atoms with Crippen molar-refractivity contribution in [3.05, 3.63) is 35.6 Å². The molecule has 0 radical (unpaired) electrons. The Hall–Kier alpha value is -0.970. The number of rotatable bonds is 7. The molecular weight excluding hydrogens is 221 g/mol. The summed E-state index contributed by atoms with van der Waals surface area (Å²) < 4.78 is 23.6. The van der Waals surface area contributed by atoms with Crippen LogP contribution >= 0.6 is 0 Å². The molecule has 0 fully saturated rings. The second-order valence-corrected chi connectivity index (χ2v) is 4.16. The molecule has 0 saturated heterocycles. The van der Waals surface area contributed by atoms with Crippen LogP contribution in [-0.4, -0.2) is 25.9 Å². The largest absolute Gasteiger partial charge is 0.377 e. The summed E-state index contributed by atoms with van der Waals surface area (Å²) in [6, 6.07) is 5.96. The van der Waals surface area contributed by atoms with Gasteiger partial charge in [0.05, 0.1) is 32.0 Å². The number of benzene rings is 1. The van der Waals surface area contributed by atoms with Gasteiger partial charge in [-0.25, -0.2) is 4.39 Å². The Balaban J connectivity index is 2.23. The van der Waals surface area contributed by atoms with Crippen molar-refractivity contribution in [3.8, 4) is 0 Å². The number of hydrogen-bond donors (Lipinski definition) is 1. The zero-order chi connectivity index (χ0) is 12.7. The van der Waals surface area contributed by atoms with E-state index in [9.17, 15) is 4.39 Å². The van der Waals surface area contributed by atoms with Gasteiger partial charge in [0.25, 0.3) is 0 Å². The lowest BCUT2D eigenvalue weighted by molar-refractivity contribution is 0.0161. The second kappa shape index (κ2) is 7.37. The maximum absolute atomic E-state index is 12.9. The molecule has 4 heteroatoms. The molecule has 1 atom stereocenters. The Labute approximate surface area is 102 Å². The molecule has 1 rings (SSSR count). The van der Waals surface area contributed by atoms with Gasteiger partial charge in [-0.3, -0.25) is 0 Å². The normalized spacial score (nSPS) is 13.0. The molecule has 0 aliphatic heterocycles. The van der Waals surface area contributed by atoms with Crippen molar-refractivity contribution in [2.24, 2.45) is 5.73 Å². The standard InChI is InChI=1S/C13H20FNO2/c1-10(2)17-7-6-16-9-13(15)11-4-3-5-12(14)8-11/h3-5,8,10,13H,6-7,9,15H2,1-2H3. The average molecular weight is 241 g/mol. The molecule has 2 N–H and O–H groups in total. The van der Waals surface area contributed by atoms with Gasteiger partial charge < -0.3 is 15.2 Å². The highest BCUT2D eigenvalue weighted by Crippen LogP contribution is 2.11. The monoisotopic (exact) mass is 241 g/mol. The lowest BCUT2D eigenvalue weighted by Crippen LogP contribution is -2.19. The van der Waals surface area contributed by atoms with Gasteiger partial charge >= 0.3 is 0 Å². The molecule has 1 unspecified atom stereocenters. The van der Waals surface area contributed by atoms with Crippen molar-refractivity contribution in [3.63, 3.8) is 0 Å². The average Bonchev–Trinajstić information content (AvgIpc) is 2.28.